The summed E-state index contributed by atoms with van der Waals surface area (Å²) in [6, 6.07) is 8.48. The van der Waals surface area contributed by atoms with E-state index in [4.69, 9.17) is 4.74 Å². The van der Waals surface area contributed by atoms with E-state index in [0.717, 1.165) is 12.1 Å². The fourth-order valence-electron chi connectivity index (χ4n) is 2.39. The number of hydrogen-bond acceptors (Lipinski definition) is 2. The molecule has 1 amide bonds. The predicted octanol–water partition coefficient (Wildman–Crippen LogP) is 3.78. The topological polar surface area (TPSA) is 54.1 Å². The van der Waals surface area contributed by atoms with E-state index >= 15 is 0 Å². The van der Waals surface area contributed by atoms with Crippen molar-refractivity contribution < 1.29 is 22.7 Å². The van der Waals surface area contributed by atoms with Crippen molar-refractivity contribution in [2.75, 3.05) is 6.61 Å². The van der Waals surface area contributed by atoms with Crippen molar-refractivity contribution in [3.63, 3.8) is 0 Å². The van der Waals surface area contributed by atoms with Crippen LogP contribution in [-0.2, 0) is 0 Å². The molecule has 130 valence electrons. The van der Waals surface area contributed by atoms with Gasteiger partial charge in [-0.2, -0.15) is 0 Å². The minimum atomic E-state index is -0.815. The molecule has 1 aromatic heterocycles. The van der Waals surface area contributed by atoms with Crippen LogP contribution in [0.1, 0.15) is 17.4 Å². The average Bonchev–Trinajstić information content (AvgIpc) is 3.00. The van der Waals surface area contributed by atoms with E-state index in [9.17, 15) is 18.0 Å². The summed E-state index contributed by atoms with van der Waals surface area (Å²) in [5.74, 6) is -2.47. The van der Waals surface area contributed by atoms with Crippen LogP contribution in [0, 0.1) is 17.5 Å². The van der Waals surface area contributed by atoms with Crippen molar-refractivity contribution in [2.45, 2.75) is 13.0 Å². The van der Waals surface area contributed by atoms with Crippen LogP contribution < -0.4 is 10.1 Å². The van der Waals surface area contributed by atoms with Crippen molar-refractivity contribution in [1.29, 1.82) is 0 Å². The minimum absolute atomic E-state index is 0.0110. The molecular weight excluding hydrogens is 333 g/mol. The zero-order valence-corrected chi connectivity index (χ0v) is 13.3. The Bertz CT molecular complexity index is 924. The van der Waals surface area contributed by atoms with E-state index in [1.807, 2.05) is 0 Å². The first-order valence-electron chi connectivity index (χ1n) is 7.60. The van der Waals surface area contributed by atoms with Crippen LogP contribution in [0.15, 0.2) is 42.5 Å². The van der Waals surface area contributed by atoms with E-state index in [1.165, 1.54) is 18.2 Å². The Labute approximate surface area is 141 Å². The van der Waals surface area contributed by atoms with Crippen molar-refractivity contribution in [2.24, 2.45) is 0 Å². The number of aromatic nitrogens is 1. The van der Waals surface area contributed by atoms with Crippen molar-refractivity contribution >= 4 is 16.8 Å². The number of H-pyrrole nitrogens is 1. The summed E-state index contributed by atoms with van der Waals surface area (Å²) >= 11 is 0. The third-order valence-electron chi connectivity index (χ3n) is 3.62. The molecule has 7 heteroatoms. The van der Waals surface area contributed by atoms with E-state index in [2.05, 4.69) is 10.3 Å². The lowest BCUT2D eigenvalue weighted by Gasteiger charge is -2.15. The molecule has 0 saturated carbocycles. The van der Waals surface area contributed by atoms with Gasteiger partial charge >= 0.3 is 0 Å². The summed E-state index contributed by atoms with van der Waals surface area (Å²) in [4.78, 5) is 15.1. The zero-order valence-electron chi connectivity index (χ0n) is 13.3. The summed E-state index contributed by atoms with van der Waals surface area (Å²) in [6.45, 7) is 1.66. The van der Waals surface area contributed by atoms with Crippen LogP contribution in [0.3, 0.4) is 0 Å². The maximum Gasteiger partial charge on any atom is 0.268 e. The van der Waals surface area contributed by atoms with Gasteiger partial charge in [0.1, 0.15) is 23.9 Å². The number of carbonyl (C=O) groups is 1. The van der Waals surface area contributed by atoms with Crippen LogP contribution in [0.5, 0.6) is 5.75 Å². The SMILES string of the molecule is CC(COc1ccc(F)cc1F)NC(=O)c1cc2c(F)cccc2[nH]1. The molecule has 0 bridgehead atoms. The standard InChI is InChI=1S/C18H15F3N2O2/c1-10(9-25-17-6-5-11(19)7-14(17)21)22-18(24)16-8-12-13(20)3-2-4-15(12)23-16/h2-8,10,23H,9H2,1H3,(H,22,24). The number of rotatable bonds is 5. The number of ether oxygens (including phenoxy) is 1. The average molecular weight is 348 g/mol. The molecule has 0 aliphatic carbocycles. The highest BCUT2D eigenvalue weighted by Crippen LogP contribution is 2.19. The third-order valence-corrected chi connectivity index (χ3v) is 3.62. The minimum Gasteiger partial charge on any atom is -0.488 e. The fourth-order valence-corrected chi connectivity index (χ4v) is 2.39. The molecular formula is C18H15F3N2O2. The molecule has 0 fully saturated rings. The summed E-state index contributed by atoms with van der Waals surface area (Å²) in [7, 11) is 0. The van der Waals surface area contributed by atoms with Crippen LogP contribution in [0.2, 0.25) is 0 Å². The zero-order chi connectivity index (χ0) is 18.0. The normalized spacial score (nSPS) is 12.2. The van der Waals surface area contributed by atoms with Gasteiger partial charge in [-0.15, -0.1) is 0 Å². The van der Waals surface area contributed by atoms with Gasteiger partial charge in [0.05, 0.1) is 6.04 Å². The lowest BCUT2D eigenvalue weighted by Crippen LogP contribution is -2.37. The molecule has 0 aliphatic rings. The Morgan fingerprint density at radius 2 is 1.96 bits per heavy atom. The summed E-state index contributed by atoms with van der Waals surface area (Å²) in [5, 5.41) is 2.99. The molecule has 1 atom stereocenters. The number of nitrogens with one attached hydrogen (secondary N) is 2. The second-order valence-corrected chi connectivity index (χ2v) is 5.64. The molecule has 25 heavy (non-hydrogen) atoms. The molecule has 1 heterocycles. The highest BCUT2D eigenvalue weighted by Gasteiger charge is 2.15. The lowest BCUT2D eigenvalue weighted by molar-refractivity contribution is 0.0922. The van der Waals surface area contributed by atoms with E-state index < -0.39 is 29.4 Å². The number of aromatic amines is 1. The quantitative estimate of drug-likeness (QED) is 0.737. The fraction of sp³-hybridized carbons (Fsp3) is 0.167. The van der Waals surface area contributed by atoms with Gasteiger partial charge in [0.15, 0.2) is 11.6 Å². The number of amides is 1. The molecule has 0 aliphatic heterocycles. The smallest absolute Gasteiger partial charge is 0.268 e. The predicted molar refractivity (Wildman–Crippen MR) is 87.0 cm³/mol. The Balaban J connectivity index is 1.62. The summed E-state index contributed by atoms with van der Waals surface area (Å²) in [5.41, 5.74) is 0.724. The first kappa shape index (κ1) is 16.9. The van der Waals surface area contributed by atoms with Crippen molar-refractivity contribution in [3.8, 4) is 5.75 Å². The summed E-state index contributed by atoms with van der Waals surface area (Å²) in [6.07, 6.45) is 0. The van der Waals surface area contributed by atoms with Gasteiger partial charge in [-0.3, -0.25) is 4.79 Å². The van der Waals surface area contributed by atoms with Gasteiger partial charge < -0.3 is 15.0 Å². The maximum atomic E-state index is 13.7. The second-order valence-electron chi connectivity index (χ2n) is 5.64. The molecule has 2 aromatic carbocycles. The maximum absolute atomic E-state index is 13.7. The Kier molecular flexibility index (Phi) is 4.65. The first-order valence-corrected chi connectivity index (χ1v) is 7.60. The highest BCUT2D eigenvalue weighted by atomic mass is 19.1. The Hall–Kier alpha value is -2.96. The van der Waals surface area contributed by atoms with Crippen LogP contribution in [0.25, 0.3) is 10.9 Å². The van der Waals surface area contributed by atoms with Crippen LogP contribution >= 0.6 is 0 Å². The molecule has 0 saturated heterocycles. The number of carbonyl (C=O) groups excluding carboxylic acids is 1. The third kappa shape index (κ3) is 3.76. The number of halogens is 3. The van der Waals surface area contributed by atoms with Gasteiger partial charge in [-0.05, 0) is 37.3 Å². The van der Waals surface area contributed by atoms with Gasteiger partial charge in [-0.25, -0.2) is 13.2 Å². The Morgan fingerprint density at radius 3 is 2.68 bits per heavy atom. The van der Waals surface area contributed by atoms with Crippen molar-refractivity contribution in [1.82, 2.24) is 10.3 Å². The summed E-state index contributed by atoms with van der Waals surface area (Å²) < 4.78 is 45.2. The number of hydrogen-bond donors (Lipinski definition) is 2. The van der Waals surface area contributed by atoms with Crippen LogP contribution in [-0.4, -0.2) is 23.5 Å². The van der Waals surface area contributed by atoms with E-state index in [-0.39, 0.29) is 18.1 Å². The molecule has 2 N–H and O–H groups in total. The number of fused-ring (bicyclic) bond motifs is 1. The molecule has 3 rings (SSSR count). The first-order chi connectivity index (χ1) is 11.9. The molecule has 0 radical (unpaired) electrons. The molecule has 3 aromatic rings. The van der Waals surface area contributed by atoms with Crippen LogP contribution in [0.4, 0.5) is 13.2 Å². The lowest BCUT2D eigenvalue weighted by atomic mass is 10.2. The van der Waals surface area contributed by atoms with Gasteiger partial charge in [0.25, 0.3) is 5.91 Å². The van der Waals surface area contributed by atoms with E-state index in [0.29, 0.717) is 10.9 Å². The van der Waals surface area contributed by atoms with Gasteiger partial charge in [0, 0.05) is 17.0 Å². The van der Waals surface area contributed by atoms with E-state index in [1.54, 1.807) is 19.1 Å². The number of benzene rings is 2. The second kappa shape index (κ2) is 6.88. The molecule has 1 unspecified atom stereocenters. The monoisotopic (exact) mass is 348 g/mol. The molecule has 0 spiro atoms. The molecule has 4 nitrogen and oxygen atoms in total. The Morgan fingerprint density at radius 1 is 1.16 bits per heavy atom. The largest absolute Gasteiger partial charge is 0.488 e. The van der Waals surface area contributed by atoms with Gasteiger partial charge in [-0.1, -0.05) is 6.07 Å². The van der Waals surface area contributed by atoms with Gasteiger partial charge in [0.2, 0.25) is 0 Å². The van der Waals surface area contributed by atoms with Crippen molar-refractivity contribution in [3.05, 3.63) is 65.6 Å². The highest BCUT2D eigenvalue weighted by molar-refractivity contribution is 5.98.